The molecule has 2 aliphatic rings. The molecule has 0 aromatic heterocycles. The first-order chi connectivity index (χ1) is 11.1. The largest absolute Gasteiger partial charge is 0.484 e. The van der Waals surface area contributed by atoms with Crippen LogP contribution in [0.1, 0.15) is 39.0 Å². The van der Waals surface area contributed by atoms with Crippen molar-refractivity contribution in [3.05, 3.63) is 24.3 Å². The van der Waals surface area contributed by atoms with E-state index in [0.29, 0.717) is 29.8 Å². The van der Waals surface area contributed by atoms with E-state index in [1.54, 1.807) is 31.2 Å². The fraction of sp³-hybridized carbons (Fsp3) is 0.556. The maximum absolute atomic E-state index is 12.1. The lowest BCUT2D eigenvalue weighted by molar-refractivity contribution is -0.124. The van der Waals surface area contributed by atoms with E-state index in [1.165, 1.54) is 19.3 Å². The molecule has 3 atom stereocenters. The third kappa shape index (κ3) is 4.03. The zero-order valence-corrected chi connectivity index (χ0v) is 13.5. The molecule has 2 aliphatic carbocycles. The monoisotopic (exact) mass is 316 g/mol. The SMILES string of the molecule is CCC(=O)Nc1cccc(OCC(=O)N[C@@H]2C[C@@H]3CC[C@H]2C3)c1. The number of amides is 2. The number of hydrogen-bond acceptors (Lipinski definition) is 3. The Hall–Kier alpha value is -2.04. The number of hydrogen-bond donors (Lipinski definition) is 2. The molecule has 1 aromatic rings. The van der Waals surface area contributed by atoms with Crippen LogP contribution in [0.3, 0.4) is 0 Å². The Kier molecular flexibility index (Phi) is 4.84. The normalized spacial score (nSPS) is 25.2. The summed E-state index contributed by atoms with van der Waals surface area (Å²) in [7, 11) is 0. The Morgan fingerprint density at radius 1 is 1.22 bits per heavy atom. The number of fused-ring (bicyclic) bond motifs is 2. The minimum Gasteiger partial charge on any atom is -0.484 e. The molecule has 5 heteroatoms. The molecule has 2 bridgehead atoms. The third-order valence-electron chi connectivity index (χ3n) is 4.89. The molecule has 3 rings (SSSR count). The van der Waals surface area contributed by atoms with Crippen LogP contribution in [-0.4, -0.2) is 24.5 Å². The predicted molar refractivity (Wildman–Crippen MR) is 88.2 cm³/mol. The highest BCUT2D eigenvalue weighted by Crippen LogP contribution is 2.44. The van der Waals surface area contributed by atoms with Crippen molar-refractivity contribution in [3.63, 3.8) is 0 Å². The smallest absolute Gasteiger partial charge is 0.258 e. The van der Waals surface area contributed by atoms with Crippen molar-refractivity contribution in [2.24, 2.45) is 11.8 Å². The Labute approximate surface area is 136 Å². The summed E-state index contributed by atoms with van der Waals surface area (Å²) in [4.78, 5) is 23.5. The molecule has 5 nitrogen and oxygen atoms in total. The fourth-order valence-corrected chi connectivity index (χ4v) is 3.73. The summed E-state index contributed by atoms with van der Waals surface area (Å²) in [5, 5.41) is 5.88. The molecule has 0 saturated heterocycles. The van der Waals surface area contributed by atoms with Gasteiger partial charge in [-0.2, -0.15) is 0 Å². The molecule has 1 aromatic carbocycles. The Morgan fingerprint density at radius 2 is 2.09 bits per heavy atom. The molecule has 2 N–H and O–H groups in total. The standard InChI is InChI=1S/C18H24N2O3/c1-2-17(21)19-14-4-3-5-15(10-14)23-11-18(22)20-16-9-12-6-7-13(16)8-12/h3-5,10,12-13,16H,2,6-9,11H2,1H3,(H,19,21)(H,20,22)/t12-,13+,16-/m1/s1. The first-order valence-corrected chi connectivity index (χ1v) is 8.46. The van der Waals surface area contributed by atoms with E-state index in [4.69, 9.17) is 4.74 Å². The molecule has 2 saturated carbocycles. The van der Waals surface area contributed by atoms with Crippen molar-refractivity contribution in [3.8, 4) is 5.75 Å². The fourth-order valence-electron chi connectivity index (χ4n) is 3.73. The summed E-state index contributed by atoms with van der Waals surface area (Å²) in [6, 6.07) is 7.45. The van der Waals surface area contributed by atoms with Crippen molar-refractivity contribution in [2.45, 2.75) is 45.1 Å². The van der Waals surface area contributed by atoms with Gasteiger partial charge < -0.3 is 15.4 Å². The second-order valence-corrected chi connectivity index (χ2v) is 6.57. The molecule has 0 aliphatic heterocycles. The van der Waals surface area contributed by atoms with Crippen LogP contribution < -0.4 is 15.4 Å². The van der Waals surface area contributed by atoms with E-state index in [0.717, 1.165) is 12.3 Å². The van der Waals surface area contributed by atoms with E-state index in [1.807, 2.05) is 0 Å². The van der Waals surface area contributed by atoms with Crippen LogP contribution in [0.4, 0.5) is 5.69 Å². The molecule has 0 spiro atoms. The molecule has 124 valence electrons. The summed E-state index contributed by atoms with van der Waals surface area (Å²) in [5.41, 5.74) is 0.683. The number of anilines is 1. The van der Waals surface area contributed by atoms with Gasteiger partial charge in [0, 0.05) is 24.2 Å². The quantitative estimate of drug-likeness (QED) is 0.848. The average Bonchev–Trinajstić information content (AvgIpc) is 3.16. The van der Waals surface area contributed by atoms with E-state index in [2.05, 4.69) is 10.6 Å². The van der Waals surface area contributed by atoms with Gasteiger partial charge in [0.1, 0.15) is 5.75 Å². The number of ether oxygens (including phenoxy) is 1. The molecule has 2 fully saturated rings. The zero-order valence-electron chi connectivity index (χ0n) is 13.5. The number of rotatable bonds is 6. The van der Waals surface area contributed by atoms with E-state index in [9.17, 15) is 9.59 Å². The van der Waals surface area contributed by atoms with Gasteiger partial charge in [0.05, 0.1) is 0 Å². The lowest BCUT2D eigenvalue weighted by atomic mass is 9.95. The average molecular weight is 316 g/mol. The van der Waals surface area contributed by atoms with Crippen LogP contribution in [-0.2, 0) is 9.59 Å². The van der Waals surface area contributed by atoms with Crippen molar-refractivity contribution >= 4 is 17.5 Å². The minimum atomic E-state index is -0.0643. The number of benzene rings is 1. The molecule has 2 amide bonds. The van der Waals surface area contributed by atoms with Crippen molar-refractivity contribution in [1.29, 1.82) is 0 Å². The van der Waals surface area contributed by atoms with Gasteiger partial charge in [-0.3, -0.25) is 9.59 Å². The Balaban J connectivity index is 1.47. The highest BCUT2D eigenvalue weighted by atomic mass is 16.5. The van der Waals surface area contributed by atoms with Gasteiger partial charge in [-0.05, 0) is 43.2 Å². The van der Waals surface area contributed by atoms with Gasteiger partial charge in [-0.1, -0.05) is 19.4 Å². The van der Waals surface area contributed by atoms with Crippen molar-refractivity contribution in [1.82, 2.24) is 5.32 Å². The summed E-state index contributed by atoms with van der Waals surface area (Å²) in [6.45, 7) is 1.81. The lowest BCUT2D eigenvalue weighted by Crippen LogP contribution is -2.40. The molecule has 23 heavy (non-hydrogen) atoms. The summed E-state index contributed by atoms with van der Waals surface area (Å²) < 4.78 is 5.55. The maximum Gasteiger partial charge on any atom is 0.258 e. The minimum absolute atomic E-state index is 0.0130. The molecular formula is C18H24N2O3. The Morgan fingerprint density at radius 3 is 2.78 bits per heavy atom. The molecule has 0 unspecified atom stereocenters. The van der Waals surface area contributed by atoms with Crippen molar-refractivity contribution in [2.75, 3.05) is 11.9 Å². The summed E-state index contributed by atoms with van der Waals surface area (Å²) in [6.07, 6.45) is 5.39. The highest BCUT2D eigenvalue weighted by molar-refractivity contribution is 5.90. The number of carbonyl (C=O) groups excluding carboxylic acids is 2. The summed E-state index contributed by atoms with van der Waals surface area (Å²) >= 11 is 0. The predicted octanol–water partition coefficient (Wildman–Crippen LogP) is 2.72. The number of nitrogens with one attached hydrogen (secondary N) is 2. The van der Waals surface area contributed by atoms with Gasteiger partial charge in [-0.25, -0.2) is 0 Å². The van der Waals surface area contributed by atoms with Gasteiger partial charge in [-0.15, -0.1) is 0 Å². The maximum atomic E-state index is 12.1. The van der Waals surface area contributed by atoms with E-state index >= 15 is 0 Å². The molecule has 0 radical (unpaired) electrons. The topological polar surface area (TPSA) is 67.4 Å². The van der Waals surface area contributed by atoms with Crippen LogP contribution in [0.25, 0.3) is 0 Å². The van der Waals surface area contributed by atoms with Gasteiger partial charge in [0.2, 0.25) is 5.91 Å². The van der Waals surface area contributed by atoms with Crippen LogP contribution in [0.15, 0.2) is 24.3 Å². The van der Waals surface area contributed by atoms with Crippen LogP contribution in [0, 0.1) is 11.8 Å². The second kappa shape index (κ2) is 7.02. The highest BCUT2D eigenvalue weighted by Gasteiger charge is 2.40. The Bertz CT molecular complexity index is 587. The first-order valence-electron chi connectivity index (χ1n) is 8.46. The molecule has 0 heterocycles. The van der Waals surface area contributed by atoms with E-state index < -0.39 is 0 Å². The third-order valence-corrected chi connectivity index (χ3v) is 4.89. The van der Waals surface area contributed by atoms with Crippen molar-refractivity contribution < 1.29 is 14.3 Å². The van der Waals surface area contributed by atoms with E-state index in [-0.39, 0.29) is 18.4 Å². The van der Waals surface area contributed by atoms with Crippen LogP contribution in [0.5, 0.6) is 5.75 Å². The van der Waals surface area contributed by atoms with Crippen LogP contribution in [0.2, 0.25) is 0 Å². The molecular weight excluding hydrogens is 292 g/mol. The zero-order chi connectivity index (χ0) is 16.2. The summed E-state index contributed by atoms with van der Waals surface area (Å²) in [5.74, 6) is 1.95. The van der Waals surface area contributed by atoms with Gasteiger partial charge in [0.25, 0.3) is 5.91 Å². The number of carbonyl (C=O) groups is 2. The first kappa shape index (κ1) is 15.8. The van der Waals surface area contributed by atoms with Gasteiger partial charge in [0.15, 0.2) is 6.61 Å². The lowest BCUT2D eigenvalue weighted by Gasteiger charge is -2.22. The van der Waals surface area contributed by atoms with Gasteiger partial charge >= 0.3 is 0 Å². The second-order valence-electron chi connectivity index (χ2n) is 6.57. The van der Waals surface area contributed by atoms with Crippen LogP contribution >= 0.6 is 0 Å².